The van der Waals surface area contributed by atoms with Gasteiger partial charge in [0.25, 0.3) is 5.91 Å². The minimum Gasteiger partial charge on any atom is -0.451 e. The quantitative estimate of drug-likeness (QED) is 0.597. The van der Waals surface area contributed by atoms with Crippen LogP contribution >= 0.6 is 23.1 Å². The molecule has 4 rings (SSSR count). The number of hydrogen-bond acceptors (Lipinski definition) is 4. The molecule has 2 aromatic heterocycles. The Morgan fingerprint density at radius 2 is 2.21 bits per heavy atom. The van der Waals surface area contributed by atoms with Gasteiger partial charge < -0.3 is 9.32 Å². The smallest absolute Gasteiger partial charge is 0.289 e. The minimum absolute atomic E-state index is 0.0392. The topological polar surface area (TPSA) is 33.5 Å². The second kappa shape index (κ2) is 6.65. The molecule has 0 N–H and O–H groups in total. The van der Waals surface area contributed by atoms with Gasteiger partial charge in [0.1, 0.15) is 5.58 Å². The number of nitrogens with zero attached hydrogens (tertiary/aromatic N) is 1. The first-order valence-electron chi connectivity index (χ1n) is 8.18. The summed E-state index contributed by atoms with van der Waals surface area (Å²) in [6.07, 6.45) is 1.07. The van der Waals surface area contributed by atoms with Crippen molar-refractivity contribution in [2.75, 3.05) is 13.1 Å². The van der Waals surface area contributed by atoms with Crippen LogP contribution in [0.3, 0.4) is 0 Å². The lowest BCUT2D eigenvalue weighted by Crippen LogP contribution is -2.28. The van der Waals surface area contributed by atoms with Crippen LogP contribution in [-0.4, -0.2) is 23.9 Å². The van der Waals surface area contributed by atoms with Gasteiger partial charge in [-0.2, -0.15) is 0 Å². The first-order chi connectivity index (χ1) is 11.7. The van der Waals surface area contributed by atoms with E-state index >= 15 is 0 Å². The highest BCUT2D eigenvalue weighted by molar-refractivity contribution is 8.00. The predicted octanol–water partition coefficient (Wildman–Crippen LogP) is 5.27. The lowest BCUT2D eigenvalue weighted by atomic mass is 10.1. The van der Waals surface area contributed by atoms with Gasteiger partial charge in [0.05, 0.1) is 4.21 Å². The van der Waals surface area contributed by atoms with Gasteiger partial charge in [-0.05, 0) is 29.9 Å². The van der Waals surface area contributed by atoms with Gasteiger partial charge in [0.15, 0.2) is 5.76 Å². The highest BCUT2D eigenvalue weighted by atomic mass is 32.2. The van der Waals surface area contributed by atoms with Gasteiger partial charge >= 0.3 is 0 Å². The number of hydrogen-bond donors (Lipinski definition) is 0. The summed E-state index contributed by atoms with van der Waals surface area (Å²) >= 11 is 3.49. The summed E-state index contributed by atoms with van der Waals surface area (Å²) in [5.41, 5.74) is 1.82. The first kappa shape index (κ1) is 15.8. The van der Waals surface area contributed by atoms with Crippen molar-refractivity contribution in [3.05, 3.63) is 53.1 Å². The third-order valence-corrected chi connectivity index (χ3v) is 6.61. The summed E-state index contributed by atoms with van der Waals surface area (Å²) in [5.74, 6) is 1.89. The molecule has 1 fully saturated rings. The van der Waals surface area contributed by atoms with Crippen LogP contribution in [0, 0.1) is 5.92 Å². The number of thiophene rings is 1. The van der Waals surface area contributed by atoms with Gasteiger partial charge in [-0.25, -0.2) is 0 Å². The molecule has 3 heterocycles. The van der Waals surface area contributed by atoms with E-state index in [1.165, 1.54) is 4.21 Å². The summed E-state index contributed by atoms with van der Waals surface area (Å²) in [7, 11) is 0. The molecule has 0 aliphatic carbocycles. The molecule has 1 unspecified atom stereocenters. The monoisotopic (exact) mass is 357 g/mol. The van der Waals surface area contributed by atoms with Crippen LogP contribution in [-0.2, 0) is 5.75 Å². The van der Waals surface area contributed by atoms with Crippen molar-refractivity contribution in [3.8, 4) is 0 Å². The summed E-state index contributed by atoms with van der Waals surface area (Å²) in [5, 5.41) is 3.13. The molecule has 24 heavy (non-hydrogen) atoms. The van der Waals surface area contributed by atoms with Gasteiger partial charge in [0.2, 0.25) is 0 Å². The number of rotatable bonds is 4. The Hall–Kier alpha value is -1.72. The number of furan rings is 1. The maximum atomic E-state index is 13.0. The van der Waals surface area contributed by atoms with Gasteiger partial charge in [0, 0.05) is 29.8 Å². The van der Waals surface area contributed by atoms with Gasteiger partial charge in [-0.3, -0.25) is 4.79 Å². The molecular weight excluding hydrogens is 338 g/mol. The zero-order valence-corrected chi connectivity index (χ0v) is 15.2. The Kier molecular flexibility index (Phi) is 4.37. The van der Waals surface area contributed by atoms with Crippen molar-refractivity contribution in [3.63, 3.8) is 0 Å². The van der Waals surface area contributed by atoms with E-state index in [9.17, 15) is 4.79 Å². The van der Waals surface area contributed by atoms with Crippen molar-refractivity contribution in [2.45, 2.75) is 23.3 Å². The molecule has 0 spiro atoms. The fourth-order valence-corrected chi connectivity index (χ4v) is 4.98. The molecule has 1 aliphatic rings. The number of likely N-dealkylation sites (tertiary alicyclic amines) is 1. The number of para-hydroxylation sites is 1. The molecule has 1 atom stereocenters. The normalized spacial score (nSPS) is 17.7. The minimum atomic E-state index is 0.0392. The third kappa shape index (κ3) is 2.98. The average molecular weight is 358 g/mol. The highest BCUT2D eigenvalue weighted by Crippen LogP contribution is 2.34. The molecule has 1 aliphatic heterocycles. The zero-order valence-electron chi connectivity index (χ0n) is 13.5. The predicted molar refractivity (Wildman–Crippen MR) is 99.8 cm³/mol. The molecule has 1 amide bonds. The summed E-state index contributed by atoms with van der Waals surface area (Å²) < 4.78 is 7.24. The lowest BCUT2D eigenvalue weighted by Gasteiger charge is -2.15. The summed E-state index contributed by atoms with van der Waals surface area (Å²) in [6, 6.07) is 12.1. The third-order valence-electron chi connectivity index (χ3n) is 4.46. The number of carbonyl (C=O) groups is 1. The van der Waals surface area contributed by atoms with E-state index in [1.54, 1.807) is 23.1 Å². The molecule has 3 nitrogen and oxygen atoms in total. The number of benzene rings is 1. The van der Waals surface area contributed by atoms with Gasteiger partial charge in [-0.15, -0.1) is 23.1 Å². The zero-order chi connectivity index (χ0) is 16.5. The number of thioether (sulfide) groups is 1. The van der Waals surface area contributed by atoms with E-state index in [0.29, 0.717) is 11.7 Å². The maximum absolute atomic E-state index is 13.0. The van der Waals surface area contributed by atoms with Crippen LogP contribution in [0.15, 0.2) is 50.4 Å². The Labute approximate surface area is 149 Å². The van der Waals surface area contributed by atoms with Crippen LogP contribution in [0.25, 0.3) is 11.0 Å². The fourth-order valence-electron chi connectivity index (χ4n) is 3.17. The Balaban J connectivity index is 1.68. The molecule has 124 valence electrons. The first-order valence-corrected chi connectivity index (χ1v) is 10.0. The second-order valence-corrected chi connectivity index (χ2v) is 8.49. The van der Waals surface area contributed by atoms with E-state index in [0.717, 1.165) is 41.8 Å². The molecule has 1 saturated heterocycles. The van der Waals surface area contributed by atoms with E-state index in [2.05, 4.69) is 24.4 Å². The van der Waals surface area contributed by atoms with Crippen molar-refractivity contribution >= 4 is 40.0 Å². The van der Waals surface area contributed by atoms with E-state index in [1.807, 2.05) is 29.2 Å². The molecule has 0 saturated carbocycles. The van der Waals surface area contributed by atoms with Crippen molar-refractivity contribution < 1.29 is 9.21 Å². The number of amides is 1. The van der Waals surface area contributed by atoms with E-state index < -0.39 is 0 Å². The Bertz CT molecular complexity index is 854. The van der Waals surface area contributed by atoms with E-state index in [4.69, 9.17) is 4.42 Å². The second-order valence-electron chi connectivity index (χ2n) is 6.27. The largest absolute Gasteiger partial charge is 0.451 e. The molecule has 0 bridgehead atoms. The number of carbonyl (C=O) groups excluding carboxylic acids is 1. The standard InChI is InChI=1S/C19H19NO2S2/c1-13-8-9-20(11-13)19(21)18-15(12-24-17-7-4-10-23-17)14-5-2-3-6-16(14)22-18/h2-7,10,13H,8-9,11-12H2,1H3. The van der Waals surface area contributed by atoms with Crippen LogP contribution in [0.4, 0.5) is 0 Å². The van der Waals surface area contributed by atoms with Crippen LogP contribution in [0.1, 0.15) is 29.5 Å². The maximum Gasteiger partial charge on any atom is 0.289 e. The Morgan fingerprint density at radius 3 is 2.96 bits per heavy atom. The molecule has 3 aromatic rings. The Morgan fingerprint density at radius 1 is 1.33 bits per heavy atom. The summed E-state index contributed by atoms with van der Waals surface area (Å²) in [6.45, 7) is 3.85. The summed E-state index contributed by atoms with van der Waals surface area (Å²) in [4.78, 5) is 14.9. The highest BCUT2D eigenvalue weighted by Gasteiger charge is 2.29. The average Bonchev–Trinajstić information content (AvgIpc) is 3.31. The SMILES string of the molecule is CC1CCN(C(=O)c2oc3ccccc3c2CSc2cccs2)C1. The van der Waals surface area contributed by atoms with Crippen LogP contribution in [0.5, 0.6) is 0 Å². The molecule has 0 radical (unpaired) electrons. The molecule has 1 aromatic carbocycles. The van der Waals surface area contributed by atoms with Crippen molar-refractivity contribution in [1.29, 1.82) is 0 Å². The molecule has 5 heteroatoms. The fraction of sp³-hybridized carbons (Fsp3) is 0.316. The van der Waals surface area contributed by atoms with Crippen molar-refractivity contribution in [2.24, 2.45) is 5.92 Å². The number of fused-ring (bicyclic) bond motifs is 1. The van der Waals surface area contributed by atoms with Gasteiger partial charge in [-0.1, -0.05) is 31.2 Å². The van der Waals surface area contributed by atoms with Crippen molar-refractivity contribution in [1.82, 2.24) is 4.90 Å². The van der Waals surface area contributed by atoms with Crippen LogP contribution < -0.4 is 0 Å². The van der Waals surface area contributed by atoms with E-state index in [-0.39, 0.29) is 5.91 Å². The molecular formula is C19H19NO2S2. The van der Waals surface area contributed by atoms with Crippen LogP contribution in [0.2, 0.25) is 0 Å². The lowest BCUT2D eigenvalue weighted by molar-refractivity contribution is 0.0758.